The minimum atomic E-state index is -2.94. The van der Waals surface area contributed by atoms with E-state index in [1.54, 1.807) is 6.07 Å². The lowest BCUT2D eigenvalue weighted by atomic mass is 10.1. The Kier molecular flexibility index (Phi) is 5.91. The lowest BCUT2D eigenvalue weighted by molar-refractivity contribution is 0.314. The van der Waals surface area contributed by atoms with E-state index in [0.29, 0.717) is 36.8 Å². The Bertz CT molecular complexity index is 488. The van der Waals surface area contributed by atoms with Gasteiger partial charge in [0, 0.05) is 6.26 Å². The van der Waals surface area contributed by atoms with Crippen LogP contribution in [-0.2, 0) is 16.3 Å². The third-order valence-electron chi connectivity index (χ3n) is 2.37. The second-order valence-electron chi connectivity index (χ2n) is 4.10. The van der Waals surface area contributed by atoms with Crippen molar-refractivity contribution in [1.82, 2.24) is 0 Å². The fraction of sp³-hybridized carbons (Fsp3) is 0.500. The zero-order valence-corrected chi connectivity index (χ0v) is 11.9. The Morgan fingerprint density at radius 2 is 2.11 bits per heavy atom. The van der Waals surface area contributed by atoms with Crippen LogP contribution in [0.2, 0.25) is 5.02 Å². The fourth-order valence-electron chi connectivity index (χ4n) is 1.56. The van der Waals surface area contributed by atoms with E-state index in [9.17, 15) is 8.42 Å². The number of hydrogen-bond acceptors (Lipinski definition) is 4. The summed E-state index contributed by atoms with van der Waals surface area (Å²) in [4.78, 5) is 0. The first-order chi connectivity index (χ1) is 8.44. The predicted molar refractivity (Wildman–Crippen MR) is 74.0 cm³/mol. The maximum absolute atomic E-state index is 11.0. The van der Waals surface area contributed by atoms with Crippen molar-refractivity contribution < 1.29 is 13.2 Å². The Morgan fingerprint density at radius 3 is 2.72 bits per heavy atom. The molecule has 0 atom stereocenters. The molecule has 18 heavy (non-hydrogen) atoms. The van der Waals surface area contributed by atoms with Gasteiger partial charge < -0.3 is 10.5 Å². The van der Waals surface area contributed by atoms with Crippen LogP contribution in [-0.4, -0.2) is 33.6 Å². The highest BCUT2D eigenvalue weighted by Crippen LogP contribution is 2.28. The van der Waals surface area contributed by atoms with E-state index in [-0.39, 0.29) is 5.75 Å². The summed E-state index contributed by atoms with van der Waals surface area (Å²) in [7, 11) is -2.94. The Morgan fingerprint density at radius 1 is 1.39 bits per heavy atom. The summed E-state index contributed by atoms with van der Waals surface area (Å²) in [5.74, 6) is 0.724. The number of hydrogen-bond donors (Lipinski definition) is 1. The summed E-state index contributed by atoms with van der Waals surface area (Å²) < 4.78 is 27.5. The lowest BCUT2D eigenvalue weighted by Gasteiger charge is -2.12. The van der Waals surface area contributed by atoms with Gasteiger partial charge in [-0.3, -0.25) is 0 Å². The normalized spacial score (nSPS) is 11.5. The van der Waals surface area contributed by atoms with Crippen LogP contribution in [0.3, 0.4) is 0 Å². The maximum Gasteiger partial charge on any atom is 0.147 e. The summed E-state index contributed by atoms with van der Waals surface area (Å²) >= 11 is 6.05. The minimum absolute atomic E-state index is 0.115. The predicted octanol–water partition coefficient (Wildman–Crippen LogP) is 1.65. The Balaban J connectivity index is 2.60. The third-order valence-corrected chi connectivity index (χ3v) is 3.70. The molecule has 1 aromatic carbocycles. The van der Waals surface area contributed by atoms with E-state index in [0.717, 1.165) is 5.56 Å². The number of ether oxygens (including phenoxy) is 1. The third kappa shape index (κ3) is 5.25. The van der Waals surface area contributed by atoms with Gasteiger partial charge in [-0.1, -0.05) is 23.7 Å². The van der Waals surface area contributed by atoms with Crippen molar-refractivity contribution in [2.24, 2.45) is 5.73 Å². The van der Waals surface area contributed by atoms with Crippen molar-refractivity contribution in [3.8, 4) is 5.75 Å². The number of rotatable bonds is 7. The topological polar surface area (TPSA) is 69.4 Å². The van der Waals surface area contributed by atoms with E-state index in [1.165, 1.54) is 6.26 Å². The van der Waals surface area contributed by atoms with Gasteiger partial charge in [0.05, 0.1) is 17.4 Å². The molecule has 0 aromatic heterocycles. The van der Waals surface area contributed by atoms with Crippen molar-refractivity contribution in [1.29, 1.82) is 0 Å². The molecule has 1 rings (SSSR count). The number of nitrogens with two attached hydrogens (primary N) is 1. The molecule has 102 valence electrons. The molecule has 0 aliphatic rings. The summed E-state index contributed by atoms with van der Waals surface area (Å²) in [5, 5.41) is 0.528. The molecule has 0 radical (unpaired) electrons. The average Bonchev–Trinajstić information content (AvgIpc) is 2.26. The van der Waals surface area contributed by atoms with Crippen molar-refractivity contribution in [2.45, 2.75) is 12.8 Å². The molecule has 0 heterocycles. The zero-order valence-electron chi connectivity index (χ0n) is 10.4. The standard InChI is InChI=1S/C12H18ClNO3S/c1-18(15,16)9-3-8-17-12-10(6-7-14)4-2-5-11(12)13/h2,4-5H,3,6-9,14H2,1H3. The summed E-state index contributed by atoms with van der Waals surface area (Å²) in [5.41, 5.74) is 6.46. The van der Waals surface area contributed by atoms with Crippen LogP contribution < -0.4 is 10.5 Å². The second kappa shape index (κ2) is 6.97. The van der Waals surface area contributed by atoms with Gasteiger partial charge in [-0.2, -0.15) is 0 Å². The molecule has 0 spiro atoms. The van der Waals surface area contributed by atoms with E-state index >= 15 is 0 Å². The molecule has 0 fully saturated rings. The summed E-state index contributed by atoms with van der Waals surface area (Å²) in [6.07, 6.45) is 2.34. The molecule has 2 N–H and O–H groups in total. The van der Waals surface area contributed by atoms with Crippen molar-refractivity contribution in [3.63, 3.8) is 0 Å². The van der Waals surface area contributed by atoms with Gasteiger partial charge in [0.25, 0.3) is 0 Å². The number of halogens is 1. The molecule has 0 saturated carbocycles. The smallest absolute Gasteiger partial charge is 0.147 e. The fourth-order valence-corrected chi connectivity index (χ4v) is 2.45. The summed E-state index contributed by atoms with van der Waals surface area (Å²) in [6, 6.07) is 5.49. The van der Waals surface area contributed by atoms with Gasteiger partial charge in [0.15, 0.2) is 0 Å². The molecule has 0 aliphatic carbocycles. The molecule has 0 amide bonds. The highest BCUT2D eigenvalue weighted by atomic mass is 35.5. The van der Waals surface area contributed by atoms with Crippen LogP contribution in [0.4, 0.5) is 0 Å². The van der Waals surface area contributed by atoms with Gasteiger partial charge in [0.1, 0.15) is 15.6 Å². The molecule has 1 aromatic rings. The number of para-hydroxylation sites is 1. The molecule has 6 heteroatoms. The lowest BCUT2D eigenvalue weighted by Crippen LogP contribution is -2.10. The van der Waals surface area contributed by atoms with E-state index in [1.807, 2.05) is 12.1 Å². The molecule has 0 aliphatic heterocycles. The molecule has 0 saturated heterocycles. The molecule has 4 nitrogen and oxygen atoms in total. The molecular weight excluding hydrogens is 274 g/mol. The maximum atomic E-state index is 11.0. The zero-order chi connectivity index (χ0) is 13.6. The average molecular weight is 292 g/mol. The van der Waals surface area contributed by atoms with Crippen LogP contribution >= 0.6 is 11.6 Å². The molecular formula is C12H18ClNO3S. The van der Waals surface area contributed by atoms with Crippen molar-refractivity contribution in [3.05, 3.63) is 28.8 Å². The van der Waals surface area contributed by atoms with Crippen LogP contribution in [0.15, 0.2) is 18.2 Å². The van der Waals surface area contributed by atoms with E-state index in [4.69, 9.17) is 22.1 Å². The van der Waals surface area contributed by atoms with Crippen LogP contribution in [0, 0.1) is 0 Å². The summed E-state index contributed by atoms with van der Waals surface area (Å²) in [6.45, 7) is 0.842. The van der Waals surface area contributed by atoms with Gasteiger partial charge in [0.2, 0.25) is 0 Å². The first-order valence-electron chi connectivity index (χ1n) is 5.72. The van der Waals surface area contributed by atoms with Crippen LogP contribution in [0.25, 0.3) is 0 Å². The minimum Gasteiger partial charge on any atom is -0.492 e. The van der Waals surface area contributed by atoms with Gasteiger partial charge in [-0.05, 0) is 31.0 Å². The number of benzene rings is 1. The quantitative estimate of drug-likeness (QED) is 0.776. The highest BCUT2D eigenvalue weighted by molar-refractivity contribution is 7.90. The van der Waals surface area contributed by atoms with Crippen LogP contribution in [0.1, 0.15) is 12.0 Å². The largest absolute Gasteiger partial charge is 0.492 e. The van der Waals surface area contributed by atoms with Crippen molar-refractivity contribution in [2.75, 3.05) is 25.2 Å². The Labute approximate surface area is 113 Å². The van der Waals surface area contributed by atoms with Gasteiger partial charge in [-0.25, -0.2) is 8.42 Å². The second-order valence-corrected chi connectivity index (χ2v) is 6.77. The molecule has 0 unspecified atom stereocenters. The first-order valence-corrected chi connectivity index (χ1v) is 8.16. The molecule has 0 bridgehead atoms. The highest BCUT2D eigenvalue weighted by Gasteiger charge is 2.08. The van der Waals surface area contributed by atoms with Gasteiger partial charge >= 0.3 is 0 Å². The SMILES string of the molecule is CS(=O)(=O)CCCOc1c(Cl)cccc1CCN. The monoisotopic (exact) mass is 291 g/mol. The van der Waals surface area contributed by atoms with E-state index < -0.39 is 9.84 Å². The number of sulfone groups is 1. The van der Waals surface area contributed by atoms with Gasteiger partial charge in [-0.15, -0.1) is 0 Å². The van der Waals surface area contributed by atoms with Crippen molar-refractivity contribution >= 4 is 21.4 Å². The van der Waals surface area contributed by atoms with Crippen LogP contribution in [0.5, 0.6) is 5.75 Å². The first kappa shape index (κ1) is 15.3. The Hall–Kier alpha value is -0.780. The van der Waals surface area contributed by atoms with E-state index in [2.05, 4.69) is 0 Å².